The van der Waals surface area contributed by atoms with Gasteiger partial charge in [-0.25, -0.2) is 4.98 Å². The predicted octanol–water partition coefficient (Wildman–Crippen LogP) is 4.70. The highest BCUT2D eigenvalue weighted by Crippen LogP contribution is 2.26. The van der Waals surface area contributed by atoms with Crippen LogP contribution in [0.15, 0.2) is 30.5 Å². The first-order valence-electron chi connectivity index (χ1n) is 5.59. The van der Waals surface area contributed by atoms with E-state index < -0.39 is 0 Å². The number of aromatic amines is 1. The van der Waals surface area contributed by atoms with Crippen molar-refractivity contribution in [2.45, 2.75) is 6.92 Å². The minimum atomic E-state index is 0.539. The van der Waals surface area contributed by atoms with Crippen molar-refractivity contribution in [1.82, 2.24) is 14.5 Å². The molecule has 1 N–H and O–H groups in total. The van der Waals surface area contributed by atoms with Crippen molar-refractivity contribution in [3.63, 3.8) is 0 Å². The second kappa shape index (κ2) is 4.63. The van der Waals surface area contributed by atoms with Crippen molar-refractivity contribution in [2.75, 3.05) is 0 Å². The molecule has 0 saturated carbocycles. The van der Waals surface area contributed by atoms with Gasteiger partial charge in [-0.15, -0.1) is 0 Å². The summed E-state index contributed by atoms with van der Waals surface area (Å²) >= 11 is 17.5. The molecular weight excluding hydrogens is 301 g/mol. The van der Waals surface area contributed by atoms with Gasteiger partial charge < -0.3 is 4.98 Å². The summed E-state index contributed by atoms with van der Waals surface area (Å²) in [4.78, 5) is 7.41. The average molecular weight is 310 g/mol. The number of hydrogen-bond acceptors (Lipinski definition) is 2. The van der Waals surface area contributed by atoms with Crippen LogP contribution in [0.1, 0.15) is 5.56 Å². The topological polar surface area (TPSA) is 33.6 Å². The van der Waals surface area contributed by atoms with Gasteiger partial charge in [0.25, 0.3) is 0 Å². The number of rotatable bonds is 1. The smallest absolute Gasteiger partial charge is 0.184 e. The van der Waals surface area contributed by atoms with Gasteiger partial charge in [-0.3, -0.25) is 4.57 Å². The standard InChI is InChI=1S/C13H9Cl2N3S/c1-7-2-3-9(15)11(4-7)18-12-10(17-13(18)19)5-8(14)6-16-12/h2-6H,1H3,(H,17,19). The maximum atomic E-state index is 6.26. The monoisotopic (exact) mass is 309 g/mol. The largest absolute Gasteiger partial charge is 0.329 e. The Hall–Kier alpha value is -1.36. The predicted molar refractivity (Wildman–Crippen MR) is 81.0 cm³/mol. The van der Waals surface area contributed by atoms with Crippen LogP contribution in [-0.4, -0.2) is 14.5 Å². The minimum Gasteiger partial charge on any atom is -0.329 e. The molecule has 96 valence electrons. The molecule has 1 aromatic carbocycles. The summed E-state index contributed by atoms with van der Waals surface area (Å²) in [5, 5.41) is 1.19. The fraction of sp³-hybridized carbons (Fsp3) is 0.0769. The highest BCUT2D eigenvalue weighted by Gasteiger charge is 2.11. The molecule has 0 unspecified atom stereocenters. The molecule has 0 radical (unpaired) electrons. The fourth-order valence-corrected chi connectivity index (χ4v) is 2.64. The number of aryl methyl sites for hydroxylation is 1. The number of benzene rings is 1. The van der Waals surface area contributed by atoms with Crippen LogP contribution < -0.4 is 0 Å². The summed E-state index contributed by atoms with van der Waals surface area (Å²) in [6.45, 7) is 2.00. The van der Waals surface area contributed by atoms with Crippen LogP contribution in [0, 0.1) is 11.7 Å². The maximum Gasteiger partial charge on any atom is 0.184 e. The number of aromatic nitrogens is 3. The number of nitrogens with one attached hydrogen (secondary N) is 1. The summed E-state index contributed by atoms with van der Waals surface area (Å²) < 4.78 is 2.35. The van der Waals surface area contributed by atoms with Crippen molar-refractivity contribution in [3.8, 4) is 5.69 Å². The highest BCUT2D eigenvalue weighted by atomic mass is 35.5. The third-order valence-corrected chi connectivity index (χ3v) is 3.64. The molecule has 0 amide bonds. The summed E-state index contributed by atoms with van der Waals surface area (Å²) in [7, 11) is 0. The third-order valence-electron chi connectivity index (χ3n) is 2.83. The Morgan fingerprint density at radius 1 is 1.26 bits per heavy atom. The molecular formula is C13H9Cl2N3S. The molecule has 0 fully saturated rings. The number of nitrogens with zero attached hydrogens (tertiary/aromatic N) is 2. The number of fused-ring (bicyclic) bond motifs is 1. The normalized spacial score (nSPS) is 11.1. The molecule has 6 heteroatoms. The number of halogens is 2. The van der Waals surface area contributed by atoms with Gasteiger partial charge in [0.2, 0.25) is 0 Å². The molecule has 2 aromatic heterocycles. The summed E-state index contributed by atoms with van der Waals surface area (Å²) in [5.41, 5.74) is 3.41. The van der Waals surface area contributed by atoms with Gasteiger partial charge in [-0.05, 0) is 42.9 Å². The second-order valence-corrected chi connectivity index (χ2v) is 5.48. The van der Waals surface area contributed by atoms with E-state index in [0.717, 1.165) is 16.8 Å². The van der Waals surface area contributed by atoms with Gasteiger partial charge in [-0.2, -0.15) is 0 Å². The van der Waals surface area contributed by atoms with Crippen LogP contribution >= 0.6 is 35.4 Å². The molecule has 0 saturated heterocycles. The lowest BCUT2D eigenvalue weighted by Crippen LogP contribution is -1.97. The van der Waals surface area contributed by atoms with Gasteiger partial charge in [0.15, 0.2) is 10.4 Å². The van der Waals surface area contributed by atoms with Crippen LogP contribution in [-0.2, 0) is 0 Å². The lowest BCUT2D eigenvalue weighted by molar-refractivity contribution is 1.04. The molecule has 0 bridgehead atoms. The average Bonchev–Trinajstić information content (AvgIpc) is 2.67. The molecule has 0 aliphatic carbocycles. The molecule has 3 nitrogen and oxygen atoms in total. The van der Waals surface area contributed by atoms with Gasteiger partial charge in [0, 0.05) is 6.20 Å². The molecule has 2 heterocycles. The van der Waals surface area contributed by atoms with Crippen molar-refractivity contribution in [3.05, 3.63) is 50.8 Å². The van der Waals surface area contributed by atoms with E-state index in [0.29, 0.717) is 20.5 Å². The summed E-state index contributed by atoms with van der Waals surface area (Å²) in [6, 6.07) is 7.57. The van der Waals surface area contributed by atoms with Crippen LogP contribution in [0.2, 0.25) is 10.0 Å². The summed E-state index contributed by atoms with van der Waals surface area (Å²) in [6.07, 6.45) is 1.59. The van der Waals surface area contributed by atoms with E-state index in [2.05, 4.69) is 9.97 Å². The molecule has 0 aliphatic heterocycles. The minimum absolute atomic E-state index is 0.539. The Morgan fingerprint density at radius 2 is 2.05 bits per heavy atom. The van der Waals surface area contributed by atoms with E-state index >= 15 is 0 Å². The van der Waals surface area contributed by atoms with Gasteiger partial charge in [-0.1, -0.05) is 29.3 Å². The van der Waals surface area contributed by atoms with E-state index in [-0.39, 0.29) is 0 Å². The van der Waals surface area contributed by atoms with E-state index in [1.54, 1.807) is 12.3 Å². The molecule has 3 rings (SSSR count). The summed E-state index contributed by atoms with van der Waals surface area (Å²) in [5.74, 6) is 0. The number of hydrogen-bond donors (Lipinski definition) is 1. The van der Waals surface area contributed by atoms with Crippen LogP contribution in [0.4, 0.5) is 0 Å². The lowest BCUT2D eigenvalue weighted by Gasteiger charge is -2.07. The van der Waals surface area contributed by atoms with E-state index in [9.17, 15) is 0 Å². The number of pyridine rings is 1. The molecule has 3 aromatic rings. The maximum absolute atomic E-state index is 6.26. The second-order valence-electron chi connectivity index (χ2n) is 4.25. The van der Waals surface area contributed by atoms with E-state index in [4.69, 9.17) is 35.4 Å². The highest BCUT2D eigenvalue weighted by molar-refractivity contribution is 7.71. The first-order chi connectivity index (χ1) is 9.06. The van der Waals surface area contributed by atoms with Gasteiger partial charge >= 0.3 is 0 Å². The zero-order valence-electron chi connectivity index (χ0n) is 9.95. The SMILES string of the molecule is Cc1ccc(Cl)c(-n2c(=S)[nH]c3cc(Cl)cnc32)c1. The van der Waals surface area contributed by atoms with E-state index in [1.165, 1.54) is 0 Å². The van der Waals surface area contributed by atoms with Crippen LogP contribution in [0.25, 0.3) is 16.9 Å². The fourth-order valence-electron chi connectivity index (χ4n) is 1.99. The zero-order valence-corrected chi connectivity index (χ0v) is 12.3. The third kappa shape index (κ3) is 2.16. The van der Waals surface area contributed by atoms with E-state index in [1.807, 2.05) is 29.7 Å². The van der Waals surface area contributed by atoms with Crippen LogP contribution in [0.3, 0.4) is 0 Å². The van der Waals surface area contributed by atoms with Gasteiger partial charge in [0.05, 0.1) is 21.2 Å². The lowest BCUT2D eigenvalue weighted by atomic mass is 10.2. The quantitative estimate of drug-likeness (QED) is 0.661. The zero-order chi connectivity index (χ0) is 13.6. The Kier molecular flexibility index (Phi) is 3.09. The van der Waals surface area contributed by atoms with Gasteiger partial charge in [0.1, 0.15) is 0 Å². The number of H-pyrrole nitrogens is 1. The van der Waals surface area contributed by atoms with Crippen molar-refractivity contribution < 1.29 is 0 Å². The van der Waals surface area contributed by atoms with Crippen molar-refractivity contribution in [1.29, 1.82) is 0 Å². The first-order valence-corrected chi connectivity index (χ1v) is 6.75. The Morgan fingerprint density at radius 3 is 2.84 bits per heavy atom. The van der Waals surface area contributed by atoms with Crippen molar-refractivity contribution in [2.24, 2.45) is 0 Å². The number of imidazole rings is 1. The molecule has 0 spiro atoms. The Bertz CT molecular complexity index is 836. The molecule has 0 atom stereocenters. The Labute approximate surface area is 124 Å². The first kappa shape index (κ1) is 12.7. The van der Waals surface area contributed by atoms with Crippen molar-refractivity contribution >= 4 is 46.6 Å². The molecule has 19 heavy (non-hydrogen) atoms. The molecule has 0 aliphatic rings. The van der Waals surface area contributed by atoms with Crippen LogP contribution in [0.5, 0.6) is 0 Å². The Balaban J connectivity index is 2.39.